The molecule has 1 unspecified atom stereocenters. The first kappa shape index (κ1) is 32.7. The number of carbonyl (C=O) groups excluding carboxylic acids is 2. The second kappa shape index (κ2) is 13.7. The SMILES string of the molecule is CCOC(=O)Cc1cccc(C(C)(CCOC(C)(C)CO[Si](C)(C)C(C)(C)C)C(=O)OCc2ccccc2)c1. The molecule has 0 fully saturated rings. The Hall–Kier alpha value is -2.48. The lowest BCUT2D eigenvalue weighted by molar-refractivity contribution is -0.153. The van der Waals surface area contributed by atoms with Gasteiger partial charge in [0, 0.05) is 6.61 Å². The van der Waals surface area contributed by atoms with Crippen LogP contribution in [0.1, 0.15) is 71.6 Å². The minimum absolute atomic E-state index is 0.110. The molecule has 0 saturated carbocycles. The minimum atomic E-state index is -1.92. The van der Waals surface area contributed by atoms with Crippen LogP contribution in [0.15, 0.2) is 54.6 Å². The zero-order chi connectivity index (χ0) is 29.3. The number of ether oxygens (including phenoxy) is 3. The topological polar surface area (TPSA) is 71.1 Å². The molecule has 0 N–H and O–H groups in total. The van der Waals surface area contributed by atoms with Crippen molar-refractivity contribution in [3.05, 3.63) is 71.3 Å². The first-order valence-corrected chi connectivity index (χ1v) is 16.7. The zero-order valence-corrected chi connectivity index (χ0v) is 26.4. The summed E-state index contributed by atoms with van der Waals surface area (Å²) in [5, 5.41) is 0.110. The number of rotatable bonds is 14. The molecular weight excluding hydrogens is 508 g/mol. The highest BCUT2D eigenvalue weighted by atomic mass is 28.4. The largest absolute Gasteiger partial charge is 0.466 e. The molecule has 0 amide bonds. The fourth-order valence-corrected chi connectivity index (χ4v) is 4.94. The van der Waals surface area contributed by atoms with E-state index in [2.05, 4.69) is 33.9 Å². The second-order valence-electron chi connectivity index (χ2n) is 12.5. The summed E-state index contributed by atoms with van der Waals surface area (Å²) < 4.78 is 23.7. The summed E-state index contributed by atoms with van der Waals surface area (Å²) in [6.07, 6.45) is 0.554. The molecule has 2 aromatic carbocycles. The van der Waals surface area contributed by atoms with Crippen molar-refractivity contribution in [1.82, 2.24) is 0 Å². The number of benzene rings is 2. The molecule has 2 aromatic rings. The van der Waals surface area contributed by atoms with Gasteiger partial charge in [0.1, 0.15) is 6.61 Å². The van der Waals surface area contributed by atoms with Crippen molar-refractivity contribution in [1.29, 1.82) is 0 Å². The molecule has 0 radical (unpaired) electrons. The van der Waals surface area contributed by atoms with E-state index in [1.807, 2.05) is 75.4 Å². The Morgan fingerprint density at radius 1 is 0.846 bits per heavy atom. The predicted molar refractivity (Wildman–Crippen MR) is 158 cm³/mol. The summed E-state index contributed by atoms with van der Waals surface area (Å²) in [6.45, 7) is 20.1. The van der Waals surface area contributed by atoms with Gasteiger partial charge in [0.25, 0.3) is 0 Å². The van der Waals surface area contributed by atoms with Crippen LogP contribution in [0.25, 0.3) is 0 Å². The van der Waals surface area contributed by atoms with Gasteiger partial charge in [-0.2, -0.15) is 0 Å². The number of hydrogen-bond donors (Lipinski definition) is 0. The van der Waals surface area contributed by atoms with Gasteiger partial charge in [-0.3, -0.25) is 9.59 Å². The summed E-state index contributed by atoms with van der Waals surface area (Å²) >= 11 is 0. The van der Waals surface area contributed by atoms with E-state index < -0.39 is 19.3 Å². The molecular formula is C32H48O6Si. The molecule has 216 valence electrons. The number of hydrogen-bond acceptors (Lipinski definition) is 6. The summed E-state index contributed by atoms with van der Waals surface area (Å²) in [6, 6.07) is 17.2. The smallest absolute Gasteiger partial charge is 0.316 e. The van der Waals surface area contributed by atoms with Gasteiger partial charge in [-0.1, -0.05) is 75.4 Å². The molecule has 6 nitrogen and oxygen atoms in total. The van der Waals surface area contributed by atoms with Gasteiger partial charge in [-0.25, -0.2) is 0 Å². The van der Waals surface area contributed by atoms with Crippen molar-refractivity contribution in [3.63, 3.8) is 0 Å². The maximum absolute atomic E-state index is 13.6. The van der Waals surface area contributed by atoms with Gasteiger partial charge < -0.3 is 18.6 Å². The lowest BCUT2D eigenvalue weighted by Gasteiger charge is -2.39. The number of carbonyl (C=O) groups is 2. The highest BCUT2D eigenvalue weighted by Gasteiger charge is 2.40. The Morgan fingerprint density at radius 2 is 1.49 bits per heavy atom. The summed E-state index contributed by atoms with van der Waals surface area (Å²) in [7, 11) is -1.92. The molecule has 0 spiro atoms. The highest BCUT2D eigenvalue weighted by Crippen LogP contribution is 2.37. The van der Waals surface area contributed by atoms with E-state index in [-0.39, 0.29) is 30.0 Å². The lowest BCUT2D eigenvalue weighted by Crippen LogP contribution is -2.45. The predicted octanol–water partition coefficient (Wildman–Crippen LogP) is 7.00. The van der Waals surface area contributed by atoms with Gasteiger partial charge in [0.05, 0.1) is 30.7 Å². The monoisotopic (exact) mass is 556 g/mol. The van der Waals surface area contributed by atoms with Crippen molar-refractivity contribution < 1.29 is 28.2 Å². The third kappa shape index (κ3) is 9.89. The van der Waals surface area contributed by atoms with Crippen LogP contribution in [0, 0.1) is 0 Å². The van der Waals surface area contributed by atoms with Crippen molar-refractivity contribution in [2.75, 3.05) is 19.8 Å². The van der Waals surface area contributed by atoms with E-state index in [9.17, 15) is 9.59 Å². The van der Waals surface area contributed by atoms with Gasteiger partial charge >= 0.3 is 11.9 Å². The third-order valence-electron chi connectivity index (χ3n) is 7.56. The molecule has 0 aromatic heterocycles. The van der Waals surface area contributed by atoms with Crippen LogP contribution in [-0.4, -0.2) is 45.7 Å². The molecule has 7 heteroatoms. The van der Waals surface area contributed by atoms with E-state index in [1.165, 1.54) is 0 Å². The van der Waals surface area contributed by atoms with Crippen LogP contribution < -0.4 is 0 Å². The first-order chi connectivity index (χ1) is 18.1. The number of esters is 2. The van der Waals surface area contributed by atoms with Crippen LogP contribution in [0.4, 0.5) is 0 Å². The van der Waals surface area contributed by atoms with Crippen molar-refractivity contribution >= 4 is 20.3 Å². The van der Waals surface area contributed by atoms with E-state index in [4.69, 9.17) is 18.6 Å². The average Bonchev–Trinajstić information content (AvgIpc) is 2.86. The van der Waals surface area contributed by atoms with Crippen LogP contribution >= 0.6 is 0 Å². The Labute approximate surface area is 236 Å². The Balaban J connectivity index is 2.20. The first-order valence-electron chi connectivity index (χ1n) is 13.8. The molecule has 0 bridgehead atoms. The minimum Gasteiger partial charge on any atom is -0.466 e. The van der Waals surface area contributed by atoms with E-state index in [0.29, 0.717) is 26.2 Å². The quantitative estimate of drug-likeness (QED) is 0.184. The highest BCUT2D eigenvalue weighted by molar-refractivity contribution is 6.74. The lowest BCUT2D eigenvalue weighted by atomic mass is 9.79. The summed E-state index contributed by atoms with van der Waals surface area (Å²) in [5.74, 6) is -0.631. The Kier molecular flexibility index (Phi) is 11.5. The average molecular weight is 557 g/mol. The molecule has 0 heterocycles. The van der Waals surface area contributed by atoms with Crippen molar-refractivity contribution in [2.45, 2.75) is 97.1 Å². The Morgan fingerprint density at radius 3 is 2.10 bits per heavy atom. The van der Waals surface area contributed by atoms with Crippen molar-refractivity contribution in [2.24, 2.45) is 0 Å². The van der Waals surface area contributed by atoms with Crippen LogP contribution in [0.5, 0.6) is 0 Å². The fraction of sp³-hybridized carbons (Fsp3) is 0.562. The van der Waals surface area contributed by atoms with Crippen LogP contribution in [-0.2, 0) is 46.7 Å². The van der Waals surface area contributed by atoms with E-state index in [1.54, 1.807) is 6.92 Å². The zero-order valence-electron chi connectivity index (χ0n) is 25.4. The second-order valence-corrected chi connectivity index (χ2v) is 17.3. The third-order valence-corrected chi connectivity index (χ3v) is 12.0. The summed E-state index contributed by atoms with van der Waals surface area (Å²) in [5.41, 5.74) is 0.995. The molecule has 0 aliphatic carbocycles. The molecule has 1 atom stereocenters. The normalized spacial score (nSPS) is 14.0. The molecule has 2 rings (SSSR count). The molecule has 0 aliphatic heterocycles. The van der Waals surface area contributed by atoms with Gasteiger partial charge in [-0.05, 0) is 68.9 Å². The van der Waals surface area contributed by atoms with Crippen LogP contribution in [0.3, 0.4) is 0 Å². The van der Waals surface area contributed by atoms with E-state index in [0.717, 1.165) is 16.7 Å². The fourth-order valence-electron chi connectivity index (χ4n) is 3.79. The van der Waals surface area contributed by atoms with Gasteiger partial charge in [0.15, 0.2) is 8.32 Å². The summed E-state index contributed by atoms with van der Waals surface area (Å²) in [4.78, 5) is 25.7. The van der Waals surface area contributed by atoms with E-state index >= 15 is 0 Å². The van der Waals surface area contributed by atoms with Crippen molar-refractivity contribution in [3.8, 4) is 0 Å². The maximum Gasteiger partial charge on any atom is 0.316 e. The maximum atomic E-state index is 13.6. The Bertz CT molecular complexity index is 1070. The van der Waals surface area contributed by atoms with Gasteiger partial charge in [0.2, 0.25) is 0 Å². The molecule has 39 heavy (non-hydrogen) atoms. The standard InChI is InChI=1S/C32H48O6Si/c1-10-35-28(33)22-26-17-14-18-27(21-26)32(7,29(34)36-23-25-15-12-11-13-16-25)19-20-37-31(5,6)24-38-39(8,9)30(2,3)4/h11-18,21H,10,19-20,22-24H2,1-9H3. The van der Waals surface area contributed by atoms with Gasteiger partial charge in [-0.15, -0.1) is 0 Å². The van der Waals surface area contributed by atoms with Crippen LogP contribution in [0.2, 0.25) is 18.1 Å². The molecule has 0 saturated heterocycles. The molecule has 0 aliphatic rings.